The van der Waals surface area contributed by atoms with Crippen LogP contribution >= 0.6 is 0 Å². The number of hydrogen-bond donors (Lipinski definition) is 2. The smallest absolute Gasteiger partial charge is 0.257 e. The summed E-state index contributed by atoms with van der Waals surface area (Å²) < 4.78 is 26.7. The number of nitrogens with one attached hydrogen (secondary N) is 2. The van der Waals surface area contributed by atoms with Gasteiger partial charge in [0.15, 0.2) is 0 Å². The maximum absolute atomic E-state index is 12.6. The molecule has 7 nitrogen and oxygen atoms in total. The third kappa shape index (κ3) is 4.96. The molecule has 0 atom stereocenters. The summed E-state index contributed by atoms with van der Waals surface area (Å²) in [6.07, 6.45) is 2.62. The third-order valence-electron chi connectivity index (χ3n) is 4.32. The van der Waals surface area contributed by atoms with Gasteiger partial charge in [0.1, 0.15) is 0 Å². The van der Waals surface area contributed by atoms with Crippen molar-refractivity contribution in [3.63, 3.8) is 0 Å². The average molecular weight is 401 g/mol. The number of carbonyl (C=O) groups is 1. The Bertz CT molecular complexity index is 1070. The van der Waals surface area contributed by atoms with Crippen LogP contribution in [0.15, 0.2) is 48.5 Å². The van der Waals surface area contributed by atoms with Crippen LogP contribution in [0.4, 0.5) is 5.95 Å². The van der Waals surface area contributed by atoms with Gasteiger partial charge in [-0.15, -0.1) is 0 Å². The summed E-state index contributed by atoms with van der Waals surface area (Å²) in [4.78, 5) is 17.2. The van der Waals surface area contributed by atoms with Crippen LogP contribution in [-0.2, 0) is 23.0 Å². The lowest BCUT2D eigenvalue weighted by atomic mass is 10.1. The Balaban J connectivity index is 1.71. The van der Waals surface area contributed by atoms with E-state index in [1.165, 1.54) is 0 Å². The van der Waals surface area contributed by atoms with E-state index in [0.29, 0.717) is 24.5 Å². The molecule has 0 aliphatic rings. The number of imidazole rings is 1. The van der Waals surface area contributed by atoms with E-state index in [0.717, 1.165) is 35.8 Å². The summed E-state index contributed by atoms with van der Waals surface area (Å²) in [5.41, 5.74) is 3.31. The van der Waals surface area contributed by atoms with E-state index in [2.05, 4.69) is 21.9 Å². The largest absolute Gasteiger partial charge is 0.310 e. The average Bonchev–Trinajstić information content (AvgIpc) is 2.99. The minimum atomic E-state index is -3.19. The van der Waals surface area contributed by atoms with Crippen molar-refractivity contribution in [3.8, 4) is 0 Å². The molecule has 148 valence electrons. The number of amides is 1. The highest BCUT2D eigenvalue weighted by molar-refractivity contribution is 7.88. The van der Waals surface area contributed by atoms with Gasteiger partial charge in [0.25, 0.3) is 5.91 Å². The summed E-state index contributed by atoms with van der Waals surface area (Å²) in [6, 6.07) is 14.9. The van der Waals surface area contributed by atoms with Crippen molar-refractivity contribution in [1.29, 1.82) is 0 Å². The zero-order valence-corrected chi connectivity index (χ0v) is 16.8. The van der Waals surface area contributed by atoms with Crippen molar-refractivity contribution in [2.75, 3.05) is 18.1 Å². The van der Waals surface area contributed by atoms with E-state index in [9.17, 15) is 13.2 Å². The molecule has 2 N–H and O–H groups in total. The van der Waals surface area contributed by atoms with Crippen LogP contribution in [0.1, 0.15) is 29.3 Å². The van der Waals surface area contributed by atoms with E-state index in [-0.39, 0.29) is 5.91 Å². The Morgan fingerprint density at radius 2 is 1.82 bits per heavy atom. The van der Waals surface area contributed by atoms with Gasteiger partial charge >= 0.3 is 0 Å². The van der Waals surface area contributed by atoms with E-state index >= 15 is 0 Å². The topological polar surface area (TPSA) is 93.1 Å². The van der Waals surface area contributed by atoms with Crippen LogP contribution in [0.3, 0.4) is 0 Å². The summed E-state index contributed by atoms with van der Waals surface area (Å²) in [5.74, 6) is 0.308. The predicted molar refractivity (Wildman–Crippen MR) is 111 cm³/mol. The molecule has 0 aliphatic heterocycles. The molecular weight excluding hydrogens is 376 g/mol. The SMILES string of the molecule is CCCn1c(NC(=O)c2ccc(CCNS(C)(=O)=O)cc2)nc2ccccc21. The van der Waals surface area contributed by atoms with Crippen LogP contribution in [0, 0.1) is 0 Å². The molecular formula is C20H24N4O3S. The number of hydrogen-bond acceptors (Lipinski definition) is 4. The van der Waals surface area contributed by atoms with Gasteiger partial charge in [-0.05, 0) is 42.7 Å². The molecule has 0 fully saturated rings. The monoisotopic (exact) mass is 400 g/mol. The predicted octanol–water partition coefficient (Wildman–Crippen LogP) is 2.79. The number of benzene rings is 2. The Hall–Kier alpha value is -2.71. The normalized spacial score (nSPS) is 11.6. The molecule has 2 aromatic carbocycles. The van der Waals surface area contributed by atoms with Crippen LogP contribution in [0.5, 0.6) is 0 Å². The second-order valence-corrected chi connectivity index (χ2v) is 8.48. The van der Waals surface area contributed by atoms with Gasteiger partial charge < -0.3 is 4.57 Å². The van der Waals surface area contributed by atoms with Crippen molar-refractivity contribution >= 4 is 32.9 Å². The van der Waals surface area contributed by atoms with E-state index in [1.54, 1.807) is 12.1 Å². The van der Waals surface area contributed by atoms with E-state index < -0.39 is 10.0 Å². The van der Waals surface area contributed by atoms with Gasteiger partial charge in [-0.1, -0.05) is 31.2 Å². The number of aryl methyl sites for hydroxylation is 1. The maximum atomic E-state index is 12.6. The Kier molecular flexibility index (Phi) is 6.11. The lowest BCUT2D eigenvalue weighted by Gasteiger charge is -2.09. The van der Waals surface area contributed by atoms with Crippen molar-refractivity contribution in [2.24, 2.45) is 0 Å². The number of sulfonamides is 1. The van der Waals surface area contributed by atoms with Gasteiger partial charge in [0, 0.05) is 18.7 Å². The number of anilines is 1. The molecule has 0 unspecified atom stereocenters. The molecule has 0 aliphatic carbocycles. The maximum Gasteiger partial charge on any atom is 0.257 e. The van der Waals surface area contributed by atoms with Gasteiger partial charge in [-0.3, -0.25) is 10.1 Å². The highest BCUT2D eigenvalue weighted by Crippen LogP contribution is 2.20. The molecule has 1 aromatic heterocycles. The first-order valence-corrected chi connectivity index (χ1v) is 11.1. The van der Waals surface area contributed by atoms with Gasteiger partial charge in [0.05, 0.1) is 17.3 Å². The molecule has 0 saturated carbocycles. The second-order valence-electron chi connectivity index (χ2n) is 6.64. The number of aromatic nitrogens is 2. The lowest BCUT2D eigenvalue weighted by molar-refractivity contribution is 0.102. The number of fused-ring (bicyclic) bond motifs is 1. The fourth-order valence-electron chi connectivity index (χ4n) is 3.00. The zero-order chi connectivity index (χ0) is 20.1. The fourth-order valence-corrected chi connectivity index (χ4v) is 3.47. The quantitative estimate of drug-likeness (QED) is 0.608. The van der Waals surface area contributed by atoms with Crippen LogP contribution < -0.4 is 10.0 Å². The Labute approximate surface area is 164 Å². The minimum absolute atomic E-state index is 0.228. The number of rotatable bonds is 8. The lowest BCUT2D eigenvalue weighted by Crippen LogP contribution is -2.24. The minimum Gasteiger partial charge on any atom is -0.310 e. The molecule has 3 rings (SSSR count). The first-order chi connectivity index (χ1) is 13.4. The molecule has 0 bridgehead atoms. The van der Waals surface area contributed by atoms with E-state index in [4.69, 9.17) is 0 Å². The summed E-state index contributed by atoms with van der Waals surface area (Å²) >= 11 is 0. The summed E-state index contributed by atoms with van der Waals surface area (Å²) in [5, 5.41) is 2.90. The Morgan fingerprint density at radius 3 is 2.50 bits per heavy atom. The Morgan fingerprint density at radius 1 is 1.11 bits per heavy atom. The highest BCUT2D eigenvalue weighted by Gasteiger charge is 2.14. The molecule has 1 heterocycles. The number of carbonyl (C=O) groups excluding carboxylic acids is 1. The van der Waals surface area contributed by atoms with Crippen LogP contribution in [0.25, 0.3) is 11.0 Å². The van der Waals surface area contributed by atoms with Gasteiger partial charge in [-0.25, -0.2) is 18.1 Å². The molecule has 28 heavy (non-hydrogen) atoms. The molecule has 8 heteroatoms. The molecule has 0 saturated heterocycles. The first kappa shape index (κ1) is 20.0. The second kappa shape index (κ2) is 8.53. The number of nitrogens with zero attached hydrogens (tertiary/aromatic N) is 2. The molecule has 3 aromatic rings. The van der Waals surface area contributed by atoms with Crippen molar-refractivity contribution in [2.45, 2.75) is 26.3 Å². The van der Waals surface area contributed by atoms with Crippen molar-refractivity contribution < 1.29 is 13.2 Å². The van der Waals surface area contributed by atoms with Crippen LogP contribution in [-0.4, -0.2) is 36.7 Å². The van der Waals surface area contributed by atoms with Crippen molar-refractivity contribution in [3.05, 3.63) is 59.7 Å². The van der Waals surface area contributed by atoms with Crippen molar-refractivity contribution in [1.82, 2.24) is 14.3 Å². The molecule has 0 spiro atoms. The van der Waals surface area contributed by atoms with E-state index in [1.807, 2.05) is 41.0 Å². The van der Waals surface area contributed by atoms with Gasteiger partial charge in [0.2, 0.25) is 16.0 Å². The molecule has 0 radical (unpaired) electrons. The van der Waals surface area contributed by atoms with Crippen LogP contribution in [0.2, 0.25) is 0 Å². The number of para-hydroxylation sites is 2. The highest BCUT2D eigenvalue weighted by atomic mass is 32.2. The zero-order valence-electron chi connectivity index (χ0n) is 16.0. The third-order valence-corrected chi connectivity index (χ3v) is 5.05. The molecule has 1 amide bonds. The standard InChI is InChI=1S/C20H24N4O3S/c1-3-14-24-18-7-5-4-6-17(18)22-20(24)23-19(25)16-10-8-15(9-11-16)12-13-21-28(2,26)27/h4-11,21H,3,12-14H2,1-2H3,(H,22,23,25). The first-order valence-electron chi connectivity index (χ1n) is 9.17. The summed E-state index contributed by atoms with van der Waals surface area (Å²) in [7, 11) is -3.19. The van der Waals surface area contributed by atoms with Gasteiger partial charge in [-0.2, -0.15) is 0 Å². The fraction of sp³-hybridized carbons (Fsp3) is 0.300. The summed E-state index contributed by atoms with van der Waals surface area (Å²) in [6.45, 7) is 3.17.